The number of pyridine rings is 1. The van der Waals surface area contributed by atoms with Gasteiger partial charge in [0.2, 0.25) is 0 Å². The fourth-order valence-electron chi connectivity index (χ4n) is 2.89. The van der Waals surface area contributed by atoms with Gasteiger partial charge in [-0.25, -0.2) is 0 Å². The van der Waals surface area contributed by atoms with E-state index in [1.807, 2.05) is 32.2 Å². The number of hydrogen-bond donors (Lipinski definition) is 0. The Morgan fingerprint density at radius 2 is 2.00 bits per heavy atom. The zero-order valence-electron chi connectivity index (χ0n) is 12.3. The molecular formula is C18H18N2O. The molecule has 0 aliphatic rings. The summed E-state index contributed by atoms with van der Waals surface area (Å²) in [5.74, 6) is 0. The number of aldehydes is 1. The molecule has 0 spiro atoms. The molecule has 21 heavy (non-hydrogen) atoms. The maximum absolute atomic E-state index is 11.0. The van der Waals surface area contributed by atoms with Crippen molar-refractivity contribution in [3.63, 3.8) is 0 Å². The van der Waals surface area contributed by atoms with Gasteiger partial charge in [0.25, 0.3) is 0 Å². The molecule has 0 unspecified atom stereocenters. The highest BCUT2D eigenvalue weighted by Crippen LogP contribution is 2.19. The van der Waals surface area contributed by atoms with Crippen LogP contribution in [0.2, 0.25) is 0 Å². The summed E-state index contributed by atoms with van der Waals surface area (Å²) in [6.45, 7) is 4.90. The zero-order chi connectivity index (χ0) is 14.8. The van der Waals surface area contributed by atoms with E-state index in [2.05, 4.69) is 33.8 Å². The second kappa shape index (κ2) is 5.52. The molecule has 0 N–H and O–H groups in total. The van der Waals surface area contributed by atoms with Crippen LogP contribution in [0.15, 0.2) is 42.6 Å². The Morgan fingerprint density at radius 3 is 2.76 bits per heavy atom. The minimum Gasteiger partial charge on any atom is -0.348 e. The summed E-state index contributed by atoms with van der Waals surface area (Å²) >= 11 is 0. The largest absolute Gasteiger partial charge is 0.348 e. The van der Waals surface area contributed by atoms with E-state index >= 15 is 0 Å². The Hall–Kier alpha value is -2.42. The number of nitrogens with zero attached hydrogens (tertiary/aromatic N) is 2. The van der Waals surface area contributed by atoms with Crippen molar-refractivity contribution in [1.29, 1.82) is 0 Å². The van der Waals surface area contributed by atoms with Crippen molar-refractivity contribution in [1.82, 2.24) is 9.55 Å². The lowest BCUT2D eigenvalue weighted by Gasteiger charge is -2.11. The molecule has 0 aliphatic carbocycles. The molecular weight excluding hydrogens is 260 g/mol. The lowest BCUT2D eigenvalue weighted by Crippen LogP contribution is -2.06. The molecule has 0 saturated heterocycles. The molecule has 0 amide bonds. The maximum atomic E-state index is 11.0. The van der Waals surface area contributed by atoms with Crippen LogP contribution in [0.25, 0.3) is 10.9 Å². The number of aryl methyl sites for hydroxylation is 2. The molecule has 0 fully saturated rings. The molecule has 3 rings (SSSR count). The topological polar surface area (TPSA) is 34.9 Å². The summed E-state index contributed by atoms with van der Waals surface area (Å²) in [6, 6.07) is 12.3. The predicted octanol–water partition coefficient (Wildman–Crippen LogP) is 3.71. The Labute approximate surface area is 124 Å². The maximum Gasteiger partial charge on any atom is 0.151 e. The van der Waals surface area contributed by atoms with Crippen LogP contribution >= 0.6 is 0 Å². The molecule has 0 atom stereocenters. The smallest absolute Gasteiger partial charge is 0.151 e. The van der Waals surface area contributed by atoms with Crippen molar-refractivity contribution in [2.75, 3.05) is 0 Å². The Morgan fingerprint density at radius 1 is 1.19 bits per heavy atom. The minimum absolute atomic E-state index is 0.781. The molecule has 3 aromatic rings. The van der Waals surface area contributed by atoms with Gasteiger partial charge in [0, 0.05) is 35.1 Å². The first-order valence-electron chi connectivity index (χ1n) is 7.15. The van der Waals surface area contributed by atoms with E-state index in [-0.39, 0.29) is 0 Å². The molecule has 2 aromatic heterocycles. The van der Waals surface area contributed by atoms with Gasteiger partial charge in [0.1, 0.15) is 0 Å². The summed E-state index contributed by atoms with van der Waals surface area (Å²) in [5, 5.41) is 1.17. The lowest BCUT2D eigenvalue weighted by molar-refractivity contribution is 0.112. The summed E-state index contributed by atoms with van der Waals surface area (Å²) in [4.78, 5) is 15.5. The Bertz CT molecular complexity index is 797. The highest BCUT2D eigenvalue weighted by Gasteiger charge is 2.09. The zero-order valence-corrected chi connectivity index (χ0v) is 12.3. The van der Waals surface area contributed by atoms with Gasteiger partial charge in [0.05, 0.1) is 5.52 Å². The van der Waals surface area contributed by atoms with E-state index in [0.717, 1.165) is 41.7 Å². The van der Waals surface area contributed by atoms with E-state index in [9.17, 15) is 4.79 Å². The molecule has 3 nitrogen and oxygen atoms in total. The number of carbonyl (C=O) groups excluding carboxylic acids is 1. The second-order valence-electron chi connectivity index (χ2n) is 5.34. The molecule has 0 radical (unpaired) electrons. The summed E-state index contributed by atoms with van der Waals surface area (Å²) in [6.07, 6.45) is 3.67. The van der Waals surface area contributed by atoms with Gasteiger partial charge >= 0.3 is 0 Å². The number of benzene rings is 1. The molecule has 1 aromatic carbocycles. The lowest BCUT2D eigenvalue weighted by atomic mass is 10.1. The number of aromatic nitrogens is 2. The van der Waals surface area contributed by atoms with Crippen molar-refractivity contribution in [2.45, 2.75) is 26.8 Å². The predicted molar refractivity (Wildman–Crippen MR) is 84.7 cm³/mol. The van der Waals surface area contributed by atoms with E-state index in [0.29, 0.717) is 0 Å². The number of fused-ring (bicyclic) bond motifs is 1. The first kappa shape index (κ1) is 13.6. The minimum atomic E-state index is 0.781. The van der Waals surface area contributed by atoms with Crippen LogP contribution in [0.1, 0.15) is 27.3 Å². The van der Waals surface area contributed by atoms with Crippen molar-refractivity contribution < 1.29 is 4.79 Å². The number of rotatable bonds is 4. The van der Waals surface area contributed by atoms with Gasteiger partial charge in [-0.15, -0.1) is 0 Å². The second-order valence-corrected chi connectivity index (χ2v) is 5.34. The van der Waals surface area contributed by atoms with Gasteiger partial charge in [-0.1, -0.05) is 24.3 Å². The van der Waals surface area contributed by atoms with Crippen LogP contribution < -0.4 is 0 Å². The van der Waals surface area contributed by atoms with Crippen LogP contribution in [0.4, 0.5) is 0 Å². The first-order chi connectivity index (χ1) is 10.2. The molecule has 0 bridgehead atoms. The molecule has 106 valence electrons. The van der Waals surface area contributed by atoms with Crippen LogP contribution in [0.3, 0.4) is 0 Å². The monoisotopic (exact) mass is 278 g/mol. The highest BCUT2D eigenvalue weighted by atomic mass is 16.1. The summed E-state index contributed by atoms with van der Waals surface area (Å²) in [5.41, 5.74) is 5.26. The molecule has 0 saturated carbocycles. The van der Waals surface area contributed by atoms with Gasteiger partial charge in [-0.2, -0.15) is 0 Å². The highest BCUT2D eigenvalue weighted by molar-refractivity contribution is 5.81. The molecule has 3 heteroatoms. The molecule has 0 aliphatic heterocycles. The number of carbonyl (C=O) groups is 1. The normalized spacial score (nSPS) is 11.0. The Balaban J connectivity index is 1.91. The summed E-state index contributed by atoms with van der Waals surface area (Å²) < 4.78 is 2.20. The third-order valence-electron chi connectivity index (χ3n) is 4.06. The van der Waals surface area contributed by atoms with Crippen molar-refractivity contribution in [3.05, 3.63) is 65.1 Å². The van der Waals surface area contributed by atoms with Crippen molar-refractivity contribution >= 4 is 17.2 Å². The van der Waals surface area contributed by atoms with Crippen molar-refractivity contribution in [2.24, 2.45) is 0 Å². The average molecular weight is 278 g/mol. The van der Waals surface area contributed by atoms with Gasteiger partial charge in [-0.05, 0) is 38.0 Å². The number of hydrogen-bond acceptors (Lipinski definition) is 2. The van der Waals surface area contributed by atoms with Crippen LogP contribution in [0, 0.1) is 13.8 Å². The third kappa shape index (κ3) is 2.47. The quantitative estimate of drug-likeness (QED) is 0.682. The van der Waals surface area contributed by atoms with Gasteiger partial charge < -0.3 is 4.57 Å². The first-order valence-corrected chi connectivity index (χ1v) is 7.15. The molecule has 2 heterocycles. The van der Waals surface area contributed by atoms with Crippen molar-refractivity contribution in [3.8, 4) is 0 Å². The summed E-state index contributed by atoms with van der Waals surface area (Å²) in [7, 11) is 0. The van der Waals surface area contributed by atoms with E-state index in [1.54, 1.807) is 0 Å². The van der Waals surface area contributed by atoms with Crippen LogP contribution in [-0.2, 0) is 13.0 Å². The Kier molecular flexibility index (Phi) is 3.57. The average Bonchev–Trinajstić information content (AvgIpc) is 2.79. The van der Waals surface area contributed by atoms with Gasteiger partial charge in [-0.3, -0.25) is 9.78 Å². The van der Waals surface area contributed by atoms with Crippen LogP contribution in [0.5, 0.6) is 0 Å². The van der Waals surface area contributed by atoms with Crippen LogP contribution in [-0.4, -0.2) is 15.8 Å². The fourth-order valence-corrected chi connectivity index (χ4v) is 2.89. The van der Waals surface area contributed by atoms with E-state index in [1.165, 1.54) is 10.9 Å². The van der Waals surface area contributed by atoms with E-state index < -0.39 is 0 Å². The SMILES string of the molecule is Cc1cc(C=O)c(C)n1CCc1cccc2cccnc12. The fraction of sp³-hybridized carbons (Fsp3) is 0.222. The standard InChI is InChI=1S/C18H18N2O/c1-13-11-17(12-21)14(2)20(13)10-8-16-6-3-5-15-7-4-9-19-18(15)16/h3-7,9,11-12H,8,10H2,1-2H3. The van der Waals surface area contributed by atoms with Gasteiger partial charge in [0.15, 0.2) is 6.29 Å². The third-order valence-corrected chi connectivity index (χ3v) is 4.06. The number of para-hydroxylation sites is 1. The van der Waals surface area contributed by atoms with E-state index in [4.69, 9.17) is 0 Å².